The van der Waals surface area contributed by atoms with Gasteiger partial charge in [-0.3, -0.25) is 0 Å². The predicted molar refractivity (Wildman–Crippen MR) is 69.5 cm³/mol. The van der Waals surface area contributed by atoms with Crippen molar-refractivity contribution < 1.29 is 4.74 Å². The Labute approximate surface area is 105 Å². The quantitative estimate of drug-likeness (QED) is 0.918. The molecule has 0 aromatic heterocycles. The molecule has 1 aromatic carbocycles. The minimum Gasteiger partial charge on any atom is -0.493 e. The van der Waals surface area contributed by atoms with Crippen LogP contribution in [0.25, 0.3) is 0 Å². The summed E-state index contributed by atoms with van der Waals surface area (Å²) < 4.78 is 6.84. The molecule has 0 amide bonds. The lowest BCUT2D eigenvalue weighted by atomic mass is 10.1. The first kappa shape index (κ1) is 11.9. The Balaban J connectivity index is 1.91. The Morgan fingerprint density at radius 1 is 1.31 bits per heavy atom. The molecule has 0 saturated heterocycles. The van der Waals surface area contributed by atoms with E-state index in [0.29, 0.717) is 6.54 Å². The first-order chi connectivity index (χ1) is 7.79. The van der Waals surface area contributed by atoms with Crippen LogP contribution in [0.15, 0.2) is 22.7 Å². The largest absolute Gasteiger partial charge is 0.493 e. The van der Waals surface area contributed by atoms with E-state index < -0.39 is 0 Å². The average molecular weight is 284 g/mol. The van der Waals surface area contributed by atoms with Gasteiger partial charge in [0.05, 0.1) is 6.61 Å². The summed E-state index contributed by atoms with van der Waals surface area (Å²) in [6.07, 6.45) is 5.37. The van der Waals surface area contributed by atoms with Crippen LogP contribution < -0.4 is 10.5 Å². The lowest BCUT2D eigenvalue weighted by Crippen LogP contribution is -2.08. The molecule has 2 rings (SSSR count). The molecule has 0 heterocycles. The van der Waals surface area contributed by atoms with Gasteiger partial charge in [-0.25, -0.2) is 0 Å². The molecule has 2 nitrogen and oxygen atoms in total. The highest BCUT2D eigenvalue weighted by Crippen LogP contribution is 2.27. The molecule has 0 bridgehead atoms. The Bertz CT molecular complexity index is 348. The van der Waals surface area contributed by atoms with Crippen molar-refractivity contribution in [2.24, 2.45) is 11.7 Å². The Hall–Kier alpha value is -0.540. The van der Waals surface area contributed by atoms with Gasteiger partial charge < -0.3 is 10.5 Å². The highest BCUT2D eigenvalue weighted by Gasteiger charge is 2.15. The zero-order valence-electron chi connectivity index (χ0n) is 9.42. The van der Waals surface area contributed by atoms with Gasteiger partial charge in [0.15, 0.2) is 0 Å². The summed E-state index contributed by atoms with van der Waals surface area (Å²) in [6, 6.07) is 6.03. The van der Waals surface area contributed by atoms with Crippen molar-refractivity contribution in [2.45, 2.75) is 32.2 Å². The molecule has 0 radical (unpaired) electrons. The van der Waals surface area contributed by atoms with Crippen molar-refractivity contribution in [3.63, 3.8) is 0 Å². The third kappa shape index (κ3) is 2.98. The number of hydrogen-bond donors (Lipinski definition) is 1. The lowest BCUT2D eigenvalue weighted by molar-refractivity contribution is 0.252. The second-order valence-corrected chi connectivity index (χ2v) is 5.27. The van der Waals surface area contributed by atoms with Gasteiger partial charge >= 0.3 is 0 Å². The number of rotatable bonds is 4. The number of ether oxygens (including phenoxy) is 1. The van der Waals surface area contributed by atoms with Gasteiger partial charge in [0.2, 0.25) is 0 Å². The summed E-state index contributed by atoms with van der Waals surface area (Å²) >= 11 is 3.50. The van der Waals surface area contributed by atoms with Gasteiger partial charge in [0, 0.05) is 11.0 Å². The molecule has 1 aromatic rings. The van der Waals surface area contributed by atoms with E-state index in [9.17, 15) is 0 Å². The molecule has 88 valence electrons. The van der Waals surface area contributed by atoms with Crippen LogP contribution in [0.5, 0.6) is 5.75 Å². The van der Waals surface area contributed by atoms with Crippen molar-refractivity contribution in [3.8, 4) is 5.75 Å². The molecule has 1 fully saturated rings. The highest BCUT2D eigenvalue weighted by molar-refractivity contribution is 9.10. The molecule has 16 heavy (non-hydrogen) atoms. The van der Waals surface area contributed by atoms with Crippen molar-refractivity contribution in [1.82, 2.24) is 0 Å². The standard InChI is InChI=1S/C13H18BrNO/c14-13-7-12(6-5-11(13)8-15)16-9-10-3-1-2-4-10/h5-7,10H,1-4,8-9,15H2. The molecule has 0 spiro atoms. The number of benzene rings is 1. The van der Waals surface area contributed by atoms with Gasteiger partial charge in [0.1, 0.15) is 5.75 Å². The van der Waals surface area contributed by atoms with Gasteiger partial charge in [-0.2, -0.15) is 0 Å². The van der Waals surface area contributed by atoms with Crippen LogP contribution in [-0.2, 0) is 6.54 Å². The van der Waals surface area contributed by atoms with Crippen LogP contribution >= 0.6 is 15.9 Å². The van der Waals surface area contributed by atoms with Crippen LogP contribution in [0.2, 0.25) is 0 Å². The maximum atomic E-state index is 5.80. The predicted octanol–water partition coefficient (Wildman–Crippen LogP) is 3.48. The molecule has 1 saturated carbocycles. The smallest absolute Gasteiger partial charge is 0.120 e. The van der Waals surface area contributed by atoms with Crippen molar-refractivity contribution >= 4 is 15.9 Å². The van der Waals surface area contributed by atoms with Gasteiger partial charge in [-0.05, 0) is 36.5 Å². The third-order valence-electron chi connectivity index (χ3n) is 3.20. The molecular weight excluding hydrogens is 266 g/mol. The van der Waals surface area contributed by atoms with E-state index in [4.69, 9.17) is 10.5 Å². The van der Waals surface area contributed by atoms with Crippen molar-refractivity contribution in [2.75, 3.05) is 6.61 Å². The fourth-order valence-corrected chi connectivity index (χ4v) is 2.69. The van der Waals surface area contributed by atoms with E-state index in [1.54, 1.807) is 0 Å². The second-order valence-electron chi connectivity index (χ2n) is 4.42. The fraction of sp³-hybridized carbons (Fsp3) is 0.538. The molecule has 1 aliphatic rings. The zero-order chi connectivity index (χ0) is 11.4. The molecule has 2 N–H and O–H groups in total. The number of nitrogens with two attached hydrogens (primary N) is 1. The zero-order valence-corrected chi connectivity index (χ0v) is 11.0. The lowest BCUT2D eigenvalue weighted by Gasteiger charge is -2.12. The normalized spacial score (nSPS) is 16.6. The number of hydrogen-bond acceptors (Lipinski definition) is 2. The van der Waals surface area contributed by atoms with E-state index >= 15 is 0 Å². The highest BCUT2D eigenvalue weighted by atomic mass is 79.9. The van der Waals surface area contributed by atoms with Crippen LogP contribution in [0, 0.1) is 5.92 Å². The molecule has 0 unspecified atom stereocenters. The second kappa shape index (κ2) is 5.69. The van der Waals surface area contributed by atoms with Crippen LogP contribution in [0.1, 0.15) is 31.2 Å². The first-order valence-corrected chi connectivity index (χ1v) is 6.70. The minimum absolute atomic E-state index is 0.559. The van der Waals surface area contributed by atoms with Crippen LogP contribution in [0.3, 0.4) is 0 Å². The number of halogens is 1. The summed E-state index contributed by atoms with van der Waals surface area (Å²) in [7, 11) is 0. The molecular formula is C13H18BrNO. The molecule has 1 aliphatic carbocycles. The van der Waals surface area contributed by atoms with Gasteiger partial charge in [0.25, 0.3) is 0 Å². The Morgan fingerprint density at radius 2 is 2.06 bits per heavy atom. The van der Waals surface area contributed by atoms with E-state index in [1.165, 1.54) is 25.7 Å². The van der Waals surface area contributed by atoms with E-state index in [1.807, 2.05) is 18.2 Å². The summed E-state index contributed by atoms with van der Waals surface area (Å²) in [5.41, 5.74) is 6.72. The van der Waals surface area contributed by atoms with E-state index in [0.717, 1.165) is 28.3 Å². The summed E-state index contributed by atoms with van der Waals surface area (Å²) in [4.78, 5) is 0. The van der Waals surface area contributed by atoms with E-state index in [-0.39, 0.29) is 0 Å². The Kier molecular flexibility index (Phi) is 4.24. The molecule has 0 aliphatic heterocycles. The summed E-state index contributed by atoms with van der Waals surface area (Å²) in [6.45, 7) is 1.41. The fourth-order valence-electron chi connectivity index (χ4n) is 2.17. The topological polar surface area (TPSA) is 35.2 Å². The summed E-state index contributed by atoms with van der Waals surface area (Å²) in [5.74, 6) is 1.70. The van der Waals surface area contributed by atoms with Gasteiger partial charge in [-0.15, -0.1) is 0 Å². The SMILES string of the molecule is NCc1ccc(OCC2CCCC2)cc1Br. The maximum Gasteiger partial charge on any atom is 0.120 e. The maximum absolute atomic E-state index is 5.80. The van der Waals surface area contributed by atoms with Crippen molar-refractivity contribution in [3.05, 3.63) is 28.2 Å². The molecule has 3 heteroatoms. The van der Waals surface area contributed by atoms with Gasteiger partial charge in [-0.1, -0.05) is 34.8 Å². The van der Waals surface area contributed by atoms with Crippen molar-refractivity contribution in [1.29, 1.82) is 0 Å². The first-order valence-electron chi connectivity index (χ1n) is 5.91. The van der Waals surface area contributed by atoms with E-state index in [2.05, 4.69) is 15.9 Å². The Morgan fingerprint density at radius 3 is 2.69 bits per heavy atom. The molecule has 0 atom stereocenters. The summed E-state index contributed by atoms with van der Waals surface area (Å²) in [5, 5.41) is 0. The van der Waals surface area contributed by atoms with Crippen LogP contribution in [0.4, 0.5) is 0 Å². The average Bonchev–Trinajstić information content (AvgIpc) is 2.79. The monoisotopic (exact) mass is 283 g/mol. The minimum atomic E-state index is 0.559. The van der Waals surface area contributed by atoms with Crippen LogP contribution in [-0.4, -0.2) is 6.61 Å². The third-order valence-corrected chi connectivity index (χ3v) is 3.94.